The zero-order valence-corrected chi connectivity index (χ0v) is 9.45. The lowest BCUT2D eigenvalue weighted by molar-refractivity contribution is 0.127. The number of ether oxygens (including phenoxy) is 1. The highest BCUT2D eigenvalue weighted by Gasteiger charge is 2.30. The molecule has 0 saturated carbocycles. The molecule has 0 aromatic heterocycles. The van der Waals surface area contributed by atoms with Crippen molar-refractivity contribution in [2.45, 2.75) is 12.6 Å². The molecule has 1 aliphatic heterocycles. The quantitative estimate of drug-likeness (QED) is 0.837. The third-order valence-electron chi connectivity index (χ3n) is 3.12. The van der Waals surface area contributed by atoms with Crippen LogP contribution in [-0.4, -0.2) is 31.7 Å². The average Bonchev–Trinajstić information content (AvgIpc) is 2.65. The highest BCUT2D eigenvalue weighted by Crippen LogP contribution is 2.33. The van der Waals surface area contributed by atoms with Gasteiger partial charge in [0.15, 0.2) is 0 Å². The van der Waals surface area contributed by atoms with Gasteiger partial charge in [0.05, 0.1) is 6.61 Å². The Labute approximate surface area is 95.0 Å². The van der Waals surface area contributed by atoms with E-state index in [-0.39, 0.29) is 11.9 Å². The Kier molecular flexibility index (Phi) is 3.53. The average molecular weight is 224 g/mol. The van der Waals surface area contributed by atoms with E-state index in [1.165, 1.54) is 6.07 Å². The topological polar surface area (TPSA) is 38.5 Å². The number of hydrogen-bond acceptors (Lipinski definition) is 3. The molecule has 0 aliphatic carbocycles. The van der Waals surface area contributed by atoms with E-state index in [4.69, 9.17) is 10.5 Å². The lowest BCUT2D eigenvalue weighted by Crippen LogP contribution is -2.30. The third kappa shape index (κ3) is 1.96. The Morgan fingerprint density at radius 1 is 1.56 bits per heavy atom. The summed E-state index contributed by atoms with van der Waals surface area (Å²) in [6, 6.07) is 5.34. The largest absolute Gasteiger partial charge is 0.383 e. The molecule has 3 nitrogen and oxygen atoms in total. The summed E-state index contributed by atoms with van der Waals surface area (Å²) in [6.45, 7) is 2.58. The fourth-order valence-electron chi connectivity index (χ4n) is 2.28. The van der Waals surface area contributed by atoms with E-state index in [0.29, 0.717) is 19.7 Å². The summed E-state index contributed by atoms with van der Waals surface area (Å²) in [7, 11) is 1.67. The highest BCUT2D eigenvalue weighted by atomic mass is 19.1. The molecule has 0 radical (unpaired) electrons. The lowest BCUT2D eigenvalue weighted by Gasteiger charge is -2.23. The van der Waals surface area contributed by atoms with Gasteiger partial charge in [0.1, 0.15) is 5.82 Å². The van der Waals surface area contributed by atoms with Crippen LogP contribution in [0.15, 0.2) is 18.2 Å². The molecule has 1 aromatic rings. The van der Waals surface area contributed by atoms with E-state index in [1.54, 1.807) is 13.2 Å². The van der Waals surface area contributed by atoms with E-state index in [1.807, 2.05) is 6.07 Å². The van der Waals surface area contributed by atoms with Crippen LogP contribution in [0.1, 0.15) is 17.2 Å². The molecule has 1 heterocycles. The number of fused-ring (bicyclic) bond motifs is 1. The van der Waals surface area contributed by atoms with E-state index in [2.05, 4.69) is 4.90 Å². The first kappa shape index (κ1) is 11.5. The first-order valence-electron chi connectivity index (χ1n) is 5.48. The number of nitrogens with two attached hydrogens (primary N) is 1. The van der Waals surface area contributed by atoms with Crippen LogP contribution >= 0.6 is 0 Å². The maximum atomic E-state index is 13.6. The second kappa shape index (κ2) is 4.91. The summed E-state index contributed by atoms with van der Waals surface area (Å²) in [5.74, 6) is -0.129. The molecule has 0 spiro atoms. The Balaban J connectivity index is 2.22. The number of hydrogen-bond donors (Lipinski definition) is 1. The molecular formula is C12H17FN2O. The van der Waals surface area contributed by atoms with Crippen LogP contribution in [-0.2, 0) is 11.3 Å². The molecule has 0 bridgehead atoms. The van der Waals surface area contributed by atoms with Gasteiger partial charge in [0.25, 0.3) is 0 Å². The highest BCUT2D eigenvalue weighted by molar-refractivity contribution is 5.35. The Hall–Kier alpha value is -0.970. The maximum absolute atomic E-state index is 13.6. The van der Waals surface area contributed by atoms with Crippen LogP contribution in [0.3, 0.4) is 0 Å². The van der Waals surface area contributed by atoms with Gasteiger partial charge in [-0.2, -0.15) is 0 Å². The Bertz CT molecular complexity index is 370. The van der Waals surface area contributed by atoms with Crippen molar-refractivity contribution in [1.29, 1.82) is 0 Å². The van der Waals surface area contributed by atoms with Crippen molar-refractivity contribution in [2.24, 2.45) is 5.73 Å². The molecule has 0 amide bonds. The molecule has 1 aromatic carbocycles. The van der Waals surface area contributed by atoms with E-state index >= 15 is 0 Å². The van der Waals surface area contributed by atoms with Crippen LogP contribution in [0.25, 0.3) is 0 Å². The van der Waals surface area contributed by atoms with E-state index in [0.717, 1.165) is 17.7 Å². The zero-order chi connectivity index (χ0) is 11.5. The maximum Gasteiger partial charge on any atom is 0.128 e. The molecule has 4 heteroatoms. The molecule has 2 rings (SSSR count). The minimum absolute atomic E-state index is 0.126. The minimum atomic E-state index is -0.129. The summed E-state index contributed by atoms with van der Waals surface area (Å²) in [5, 5.41) is 0. The zero-order valence-electron chi connectivity index (χ0n) is 9.45. The molecule has 2 N–H and O–H groups in total. The van der Waals surface area contributed by atoms with Gasteiger partial charge in [0.2, 0.25) is 0 Å². The standard InChI is InChI=1S/C12H17FN2O/c1-16-6-5-15-8-10-9(12(15)7-14)3-2-4-11(10)13/h2-4,12H,5-8,14H2,1H3. The van der Waals surface area contributed by atoms with Gasteiger partial charge >= 0.3 is 0 Å². The van der Waals surface area contributed by atoms with Crippen LogP contribution in [0.2, 0.25) is 0 Å². The van der Waals surface area contributed by atoms with Crippen molar-refractivity contribution >= 4 is 0 Å². The number of nitrogens with zero attached hydrogens (tertiary/aromatic N) is 1. The smallest absolute Gasteiger partial charge is 0.128 e. The molecule has 88 valence electrons. The predicted octanol–water partition coefficient (Wildman–Crippen LogP) is 1.29. The van der Waals surface area contributed by atoms with Crippen LogP contribution in [0.4, 0.5) is 4.39 Å². The van der Waals surface area contributed by atoms with Gasteiger partial charge in [-0.15, -0.1) is 0 Å². The first-order chi connectivity index (χ1) is 7.77. The second-order valence-electron chi connectivity index (χ2n) is 4.02. The molecule has 1 atom stereocenters. The van der Waals surface area contributed by atoms with Crippen LogP contribution in [0, 0.1) is 5.82 Å². The number of halogens is 1. The molecular weight excluding hydrogens is 207 g/mol. The Morgan fingerprint density at radius 3 is 3.06 bits per heavy atom. The van der Waals surface area contributed by atoms with Crippen molar-refractivity contribution in [1.82, 2.24) is 4.90 Å². The van der Waals surface area contributed by atoms with Gasteiger partial charge in [-0.05, 0) is 11.6 Å². The number of rotatable bonds is 4. The fraction of sp³-hybridized carbons (Fsp3) is 0.500. The van der Waals surface area contributed by atoms with Gasteiger partial charge in [-0.1, -0.05) is 12.1 Å². The van der Waals surface area contributed by atoms with Gasteiger partial charge in [0, 0.05) is 38.3 Å². The van der Waals surface area contributed by atoms with Gasteiger partial charge in [-0.25, -0.2) is 4.39 Å². The fourth-order valence-corrected chi connectivity index (χ4v) is 2.28. The molecule has 16 heavy (non-hydrogen) atoms. The first-order valence-corrected chi connectivity index (χ1v) is 5.48. The number of methoxy groups -OCH3 is 1. The minimum Gasteiger partial charge on any atom is -0.383 e. The molecule has 0 saturated heterocycles. The second-order valence-corrected chi connectivity index (χ2v) is 4.02. The van der Waals surface area contributed by atoms with Crippen molar-refractivity contribution in [3.8, 4) is 0 Å². The predicted molar refractivity (Wildman–Crippen MR) is 60.5 cm³/mol. The SMILES string of the molecule is COCCN1Cc2c(F)cccc2C1CN. The molecule has 0 fully saturated rings. The lowest BCUT2D eigenvalue weighted by atomic mass is 10.0. The van der Waals surface area contributed by atoms with Gasteiger partial charge < -0.3 is 10.5 Å². The number of benzene rings is 1. The summed E-state index contributed by atoms with van der Waals surface area (Å²) in [5.41, 5.74) is 7.57. The van der Waals surface area contributed by atoms with Crippen molar-refractivity contribution in [2.75, 3.05) is 26.8 Å². The molecule has 1 unspecified atom stereocenters. The van der Waals surface area contributed by atoms with E-state index in [9.17, 15) is 4.39 Å². The summed E-state index contributed by atoms with van der Waals surface area (Å²) >= 11 is 0. The summed E-state index contributed by atoms with van der Waals surface area (Å²) in [6.07, 6.45) is 0. The monoisotopic (exact) mass is 224 g/mol. The van der Waals surface area contributed by atoms with Crippen LogP contribution < -0.4 is 5.73 Å². The van der Waals surface area contributed by atoms with Crippen molar-refractivity contribution in [3.05, 3.63) is 35.1 Å². The summed E-state index contributed by atoms with van der Waals surface area (Å²) in [4.78, 5) is 2.16. The Morgan fingerprint density at radius 2 is 2.38 bits per heavy atom. The van der Waals surface area contributed by atoms with E-state index < -0.39 is 0 Å². The summed E-state index contributed by atoms with van der Waals surface area (Å²) < 4.78 is 18.6. The van der Waals surface area contributed by atoms with Gasteiger partial charge in [-0.3, -0.25) is 4.90 Å². The normalized spacial score (nSPS) is 20.1. The van der Waals surface area contributed by atoms with Crippen molar-refractivity contribution in [3.63, 3.8) is 0 Å². The van der Waals surface area contributed by atoms with Crippen LogP contribution in [0.5, 0.6) is 0 Å². The molecule has 1 aliphatic rings. The van der Waals surface area contributed by atoms with Crippen molar-refractivity contribution < 1.29 is 9.13 Å². The third-order valence-corrected chi connectivity index (χ3v) is 3.12.